The minimum atomic E-state index is -3.85. The van der Waals surface area contributed by atoms with Crippen LogP contribution in [0.5, 0.6) is 0 Å². The summed E-state index contributed by atoms with van der Waals surface area (Å²) in [6, 6.07) is 0. The van der Waals surface area contributed by atoms with Gasteiger partial charge < -0.3 is 9.47 Å². The van der Waals surface area contributed by atoms with E-state index in [1.54, 1.807) is 14.2 Å². The maximum atomic E-state index is 10.5. The number of hydrogen-bond acceptors (Lipinski definition) is 5. The first kappa shape index (κ1) is 15.8. The van der Waals surface area contributed by atoms with Crippen LogP contribution in [0.1, 0.15) is 6.42 Å². The first-order valence-corrected chi connectivity index (χ1v) is 6.76. The van der Waals surface area contributed by atoms with Crippen LogP contribution in [0.25, 0.3) is 0 Å². The van der Waals surface area contributed by atoms with E-state index in [1.807, 2.05) is 4.90 Å². The van der Waals surface area contributed by atoms with E-state index < -0.39 is 10.1 Å². The smallest absolute Gasteiger partial charge is 0.264 e. The Labute approximate surface area is 97.3 Å². The fraction of sp³-hybridized carbons (Fsp3) is 1.00. The maximum absolute atomic E-state index is 10.5. The Bertz CT molecular complexity index is 247. The largest absolute Gasteiger partial charge is 0.383 e. The third-order valence-corrected chi connectivity index (χ3v) is 2.90. The summed E-state index contributed by atoms with van der Waals surface area (Å²) in [5, 5.41) is 0. The number of methoxy groups -OCH3 is 2. The number of ether oxygens (including phenoxy) is 2. The van der Waals surface area contributed by atoms with Crippen molar-refractivity contribution in [1.82, 2.24) is 4.90 Å². The van der Waals surface area contributed by atoms with Gasteiger partial charge in [-0.05, 0) is 13.0 Å². The molecule has 0 aliphatic heterocycles. The normalized spacial score (nSPS) is 12.2. The van der Waals surface area contributed by atoms with Gasteiger partial charge in [-0.3, -0.25) is 9.45 Å². The second-order valence-corrected chi connectivity index (χ2v) is 5.04. The average Bonchev–Trinajstić information content (AvgIpc) is 2.19. The predicted molar refractivity (Wildman–Crippen MR) is 61.2 cm³/mol. The molecule has 0 amide bonds. The van der Waals surface area contributed by atoms with Crippen molar-refractivity contribution >= 4 is 10.1 Å². The lowest BCUT2D eigenvalue weighted by Gasteiger charge is -2.21. The van der Waals surface area contributed by atoms with Crippen LogP contribution in [0.3, 0.4) is 0 Å². The number of rotatable bonds is 10. The molecule has 0 atom stereocenters. The molecule has 0 aromatic rings. The van der Waals surface area contributed by atoms with Crippen LogP contribution in [-0.4, -0.2) is 70.7 Å². The van der Waals surface area contributed by atoms with Crippen LogP contribution in [-0.2, 0) is 19.6 Å². The van der Waals surface area contributed by atoms with Crippen molar-refractivity contribution in [2.45, 2.75) is 6.42 Å². The lowest BCUT2D eigenvalue weighted by molar-refractivity contribution is 0.114. The van der Waals surface area contributed by atoms with E-state index >= 15 is 0 Å². The zero-order chi connectivity index (χ0) is 12.4. The van der Waals surface area contributed by atoms with Crippen molar-refractivity contribution in [3.05, 3.63) is 0 Å². The number of nitrogens with zero attached hydrogens (tertiary/aromatic N) is 1. The fourth-order valence-electron chi connectivity index (χ4n) is 1.25. The molecule has 1 N–H and O–H groups in total. The van der Waals surface area contributed by atoms with Gasteiger partial charge in [-0.25, -0.2) is 0 Å². The first-order valence-electron chi connectivity index (χ1n) is 5.15. The second kappa shape index (κ2) is 8.89. The highest BCUT2D eigenvalue weighted by molar-refractivity contribution is 7.85. The third-order valence-electron chi connectivity index (χ3n) is 2.10. The molecule has 0 saturated carbocycles. The van der Waals surface area contributed by atoms with Crippen molar-refractivity contribution in [1.29, 1.82) is 0 Å². The molecule has 98 valence electrons. The van der Waals surface area contributed by atoms with E-state index in [1.165, 1.54) is 0 Å². The van der Waals surface area contributed by atoms with Crippen molar-refractivity contribution < 1.29 is 22.4 Å². The van der Waals surface area contributed by atoms with Crippen LogP contribution in [0, 0.1) is 0 Å². The molecule has 0 aliphatic rings. The van der Waals surface area contributed by atoms with Gasteiger partial charge in [-0.1, -0.05) is 0 Å². The highest BCUT2D eigenvalue weighted by Crippen LogP contribution is 1.95. The van der Waals surface area contributed by atoms with E-state index in [9.17, 15) is 8.42 Å². The Morgan fingerprint density at radius 2 is 1.56 bits per heavy atom. The van der Waals surface area contributed by atoms with Crippen molar-refractivity contribution in [3.8, 4) is 0 Å². The second-order valence-electron chi connectivity index (χ2n) is 3.47. The van der Waals surface area contributed by atoms with Gasteiger partial charge in [0.1, 0.15) is 0 Å². The Morgan fingerprint density at radius 3 is 1.94 bits per heavy atom. The number of hydrogen-bond donors (Lipinski definition) is 1. The third kappa shape index (κ3) is 10.3. The lowest BCUT2D eigenvalue weighted by atomic mass is 10.4. The molecule has 0 saturated heterocycles. The first-order chi connectivity index (χ1) is 7.49. The maximum Gasteiger partial charge on any atom is 0.264 e. The van der Waals surface area contributed by atoms with Crippen molar-refractivity contribution in [2.24, 2.45) is 0 Å². The van der Waals surface area contributed by atoms with Crippen LogP contribution in [0.4, 0.5) is 0 Å². The molecule has 0 bridgehead atoms. The monoisotopic (exact) mass is 255 g/mol. The van der Waals surface area contributed by atoms with Crippen LogP contribution in [0.15, 0.2) is 0 Å². The summed E-state index contributed by atoms with van der Waals surface area (Å²) in [5.41, 5.74) is 0. The van der Waals surface area contributed by atoms with Gasteiger partial charge in [0.15, 0.2) is 0 Å². The lowest BCUT2D eigenvalue weighted by Crippen LogP contribution is -2.32. The summed E-state index contributed by atoms with van der Waals surface area (Å²) in [6.45, 7) is 3.24. The van der Waals surface area contributed by atoms with Crippen LogP contribution >= 0.6 is 0 Å². The summed E-state index contributed by atoms with van der Waals surface area (Å²) < 4.78 is 39.5. The molecular weight excluding hydrogens is 234 g/mol. The Morgan fingerprint density at radius 1 is 1.06 bits per heavy atom. The Balaban J connectivity index is 3.81. The molecule has 6 nitrogen and oxygen atoms in total. The minimum absolute atomic E-state index is 0.205. The molecule has 7 heteroatoms. The van der Waals surface area contributed by atoms with E-state index in [2.05, 4.69) is 0 Å². The van der Waals surface area contributed by atoms with Gasteiger partial charge in [-0.2, -0.15) is 8.42 Å². The van der Waals surface area contributed by atoms with Gasteiger partial charge >= 0.3 is 0 Å². The van der Waals surface area contributed by atoms with E-state index in [-0.39, 0.29) is 5.75 Å². The molecule has 0 unspecified atom stereocenters. The Kier molecular flexibility index (Phi) is 8.77. The summed E-state index contributed by atoms with van der Waals surface area (Å²) in [5.74, 6) is -0.205. The van der Waals surface area contributed by atoms with Crippen molar-refractivity contribution in [2.75, 3.05) is 52.8 Å². The van der Waals surface area contributed by atoms with E-state index in [0.717, 1.165) is 13.1 Å². The molecule has 0 aliphatic carbocycles. The molecule has 0 aromatic carbocycles. The Hall–Kier alpha value is -0.210. The van der Waals surface area contributed by atoms with E-state index in [0.29, 0.717) is 26.2 Å². The zero-order valence-corrected chi connectivity index (χ0v) is 10.7. The fourth-order valence-corrected chi connectivity index (χ4v) is 1.74. The van der Waals surface area contributed by atoms with Crippen LogP contribution < -0.4 is 0 Å². The summed E-state index contributed by atoms with van der Waals surface area (Å²) in [6.07, 6.45) is 0.409. The highest BCUT2D eigenvalue weighted by Gasteiger charge is 2.08. The molecule has 0 heterocycles. The van der Waals surface area contributed by atoms with Crippen molar-refractivity contribution in [3.63, 3.8) is 0 Å². The van der Waals surface area contributed by atoms with Gasteiger partial charge in [0.2, 0.25) is 0 Å². The standard InChI is InChI=1S/C9H21NO5S/c1-14-7-5-10(6-8-15-2)4-3-9-16(11,12)13/h3-9H2,1-2H3,(H,11,12,13). The molecule has 0 aromatic heterocycles. The highest BCUT2D eigenvalue weighted by atomic mass is 32.2. The zero-order valence-electron chi connectivity index (χ0n) is 9.89. The van der Waals surface area contributed by atoms with Gasteiger partial charge in [0.25, 0.3) is 10.1 Å². The van der Waals surface area contributed by atoms with E-state index in [4.69, 9.17) is 14.0 Å². The van der Waals surface area contributed by atoms with Crippen LogP contribution in [0.2, 0.25) is 0 Å². The minimum Gasteiger partial charge on any atom is -0.383 e. The summed E-state index contributed by atoms with van der Waals surface area (Å²) in [4.78, 5) is 2.04. The SMILES string of the molecule is COCCN(CCCS(=O)(=O)O)CCOC. The molecule has 0 spiro atoms. The van der Waals surface area contributed by atoms with Gasteiger partial charge in [0, 0.05) is 27.3 Å². The molecule has 0 radical (unpaired) electrons. The summed E-state index contributed by atoms with van der Waals surface area (Å²) in [7, 11) is -0.614. The average molecular weight is 255 g/mol. The molecular formula is C9H21NO5S. The van der Waals surface area contributed by atoms with Gasteiger partial charge in [0.05, 0.1) is 19.0 Å². The summed E-state index contributed by atoms with van der Waals surface area (Å²) >= 11 is 0. The molecule has 0 fully saturated rings. The predicted octanol–water partition coefficient (Wildman–Crippen LogP) is -0.141. The molecule has 16 heavy (non-hydrogen) atoms. The van der Waals surface area contributed by atoms with Gasteiger partial charge in [-0.15, -0.1) is 0 Å². The molecule has 0 rings (SSSR count). The quantitative estimate of drug-likeness (QED) is 0.548. The topological polar surface area (TPSA) is 76.1 Å².